The fraction of sp³-hybridized carbons (Fsp3) is 0.333. The lowest BCUT2D eigenvalue weighted by Crippen LogP contribution is -2.04. The molecule has 1 heterocycles. The summed E-state index contributed by atoms with van der Waals surface area (Å²) in [5.74, 6) is 2.10. The lowest BCUT2D eigenvalue weighted by Gasteiger charge is -2.09. The second kappa shape index (κ2) is 6.87. The standard InChI is InChI=1S/C15H18O2S2/c1-12-5-6-15(17-2)13(10-12)11-19(16)9-7-14-4-3-8-18-14/h3-6,8,10H,7,9,11H2,1-2H3/t19-/m1/s1. The maximum absolute atomic E-state index is 12.1. The Kier molecular flexibility index (Phi) is 5.16. The molecule has 0 amide bonds. The molecule has 4 heteroatoms. The summed E-state index contributed by atoms with van der Waals surface area (Å²) in [7, 11) is 0.806. The quantitative estimate of drug-likeness (QED) is 0.814. The zero-order valence-corrected chi connectivity index (χ0v) is 12.9. The predicted octanol–water partition coefficient (Wildman–Crippen LogP) is 3.56. The molecular weight excluding hydrogens is 276 g/mol. The van der Waals surface area contributed by atoms with Crippen LogP contribution in [-0.4, -0.2) is 17.1 Å². The second-order valence-electron chi connectivity index (χ2n) is 4.43. The lowest BCUT2D eigenvalue weighted by atomic mass is 10.1. The number of ether oxygens (including phenoxy) is 1. The van der Waals surface area contributed by atoms with Crippen LogP contribution in [0.3, 0.4) is 0 Å². The molecule has 0 radical (unpaired) electrons. The van der Waals surface area contributed by atoms with Gasteiger partial charge in [0.1, 0.15) is 5.75 Å². The molecule has 1 atom stereocenters. The molecule has 2 aromatic rings. The van der Waals surface area contributed by atoms with Gasteiger partial charge in [-0.1, -0.05) is 23.8 Å². The molecule has 0 saturated carbocycles. The van der Waals surface area contributed by atoms with Gasteiger partial charge >= 0.3 is 0 Å². The molecule has 102 valence electrons. The van der Waals surface area contributed by atoms with Crippen LogP contribution in [-0.2, 0) is 23.0 Å². The van der Waals surface area contributed by atoms with Crippen LogP contribution in [0.4, 0.5) is 0 Å². The molecule has 0 bridgehead atoms. The zero-order chi connectivity index (χ0) is 13.7. The number of hydrogen-bond acceptors (Lipinski definition) is 3. The monoisotopic (exact) mass is 294 g/mol. The SMILES string of the molecule is COc1ccc(C)cc1C[S@](=O)CCc1cccs1. The summed E-state index contributed by atoms with van der Waals surface area (Å²) in [6, 6.07) is 10.1. The van der Waals surface area contributed by atoms with Crippen molar-refractivity contribution in [3.8, 4) is 5.75 Å². The van der Waals surface area contributed by atoms with Gasteiger partial charge in [-0.25, -0.2) is 0 Å². The zero-order valence-electron chi connectivity index (χ0n) is 11.2. The number of hydrogen-bond donors (Lipinski definition) is 0. The largest absolute Gasteiger partial charge is 0.496 e. The normalized spacial score (nSPS) is 12.3. The number of aryl methyl sites for hydroxylation is 2. The van der Waals surface area contributed by atoms with Gasteiger partial charge in [-0.05, 0) is 30.9 Å². The number of methoxy groups -OCH3 is 1. The highest BCUT2D eigenvalue weighted by atomic mass is 32.2. The van der Waals surface area contributed by atoms with E-state index in [1.54, 1.807) is 18.4 Å². The summed E-state index contributed by atoms with van der Waals surface area (Å²) in [5.41, 5.74) is 2.21. The van der Waals surface area contributed by atoms with Crippen molar-refractivity contribution in [3.05, 3.63) is 51.7 Å². The Morgan fingerprint density at radius 2 is 2.16 bits per heavy atom. The molecule has 0 saturated heterocycles. The smallest absolute Gasteiger partial charge is 0.123 e. The first-order chi connectivity index (χ1) is 9.19. The van der Waals surface area contributed by atoms with Crippen LogP contribution in [0.1, 0.15) is 16.0 Å². The van der Waals surface area contributed by atoms with Crippen LogP contribution in [0.5, 0.6) is 5.75 Å². The van der Waals surface area contributed by atoms with E-state index in [-0.39, 0.29) is 0 Å². The van der Waals surface area contributed by atoms with Crippen LogP contribution in [0.25, 0.3) is 0 Å². The molecule has 0 aliphatic heterocycles. The summed E-state index contributed by atoms with van der Waals surface area (Å²) in [4.78, 5) is 1.30. The van der Waals surface area contributed by atoms with Crippen LogP contribution in [0.2, 0.25) is 0 Å². The fourth-order valence-corrected chi connectivity index (χ4v) is 3.94. The van der Waals surface area contributed by atoms with Gasteiger partial charge in [0.05, 0.1) is 12.9 Å². The van der Waals surface area contributed by atoms with Crippen LogP contribution in [0.15, 0.2) is 35.7 Å². The van der Waals surface area contributed by atoms with Crippen molar-refractivity contribution in [3.63, 3.8) is 0 Å². The molecule has 1 aromatic carbocycles. The second-order valence-corrected chi connectivity index (χ2v) is 7.04. The number of thiophene rings is 1. The van der Waals surface area contributed by atoms with Gasteiger partial charge in [0, 0.05) is 27.0 Å². The summed E-state index contributed by atoms with van der Waals surface area (Å²) in [5, 5.41) is 2.06. The molecule has 0 aliphatic rings. The molecule has 2 nitrogen and oxygen atoms in total. The first kappa shape index (κ1) is 14.3. The molecule has 19 heavy (non-hydrogen) atoms. The topological polar surface area (TPSA) is 26.3 Å². The van der Waals surface area contributed by atoms with Crippen molar-refractivity contribution in [2.24, 2.45) is 0 Å². The van der Waals surface area contributed by atoms with Gasteiger partial charge in [0.2, 0.25) is 0 Å². The van der Waals surface area contributed by atoms with E-state index >= 15 is 0 Å². The minimum absolute atomic E-state index is 0.566. The van der Waals surface area contributed by atoms with E-state index in [9.17, 15) is 4.21 Å². The van der Waals surface area contributed by atoms with E-state index in [0.717, 1.165) is 17.7 Å². The number of benzene rings is 1. The van der Waals surface area contributed by atoms with E-state index in [2.05, 4.69) is 17.5 Å². The van der Waals surface area contributed by atoms with Crippen molar-refractivity contribution in [2.45, 2.75) is 19.1 Å². The molecule has 0 unspecified atom stereocenters. The van der Waals surface area contributed by atoms with Gasteiger partial charge in [-0.2, -0.15) is 0 Å². The molecule has 0 spiro atoms. The minimum atomic E-state index is -0.849. The average molecular weight is 294 g/mol. The predicted molar refractivity (Wildman–Crippen MR) is 82.5 cm³/mol. The highest BCUT2D eigenvalue weighted by Crippen LogP contribution is 2.21. The van der Waals surface area contributed by atoms with Gasteiger partial charge < -0.3 is 4.74 Å². The highest BCUT2D eigenvalue weighted by Gasteiger charge is 2.08. The Morgan fingerprint density at radius 1 is 1.32 bits per heavy atom. The van der Waals surface area contributed by atoms with Crippen LogP contribution < -0.4 is 4.74 Å². The summed E-state index contributed by atoms with van der Waals surface area (Å²) in [6.07, 6.45) is 0.887. The highest BCUT2D eigenvalue weighted by molar-refractivity contribution is 7.84. The first-order valence-corrected chi connectivity index (χ1v) is 8.56. The lowest BCUT2D eigenvalue weighted by molar-refractivity contribution is 0.411. The Morgan fingerprint density at radius 3 is 2.84 bits per heavy atom. The van der Waals surface area contributed by atoms with Crippen molar-refractivity contribution in [2.75, 3.05) is 12.9 Å². The molecular formula is C15H18O2S2. The van der Waals surface area contributed by atoms with Crippen molar-refractivity contribution >= 4 is 22.1 Å². The van der Waals surface area contributed by atoms with Crippen molar-refractivity contribution < 1.29 is 8.95 Å². The maximum atomic E-state index is 12.1. The maximum Gasteiger partial charge on any atom is 0.123 e. The van der Waals surface area contributed by atoms with Crippen LogP contribution >= 0.6 is 11.3 Å². The van der Waals surface area contributed by atoms with E-state index in [1.807, 2.05) is 25.1 Å². The van der Waals surface area contributed by atoms with Crippen LogP contribution in [0, 0.1) is 6.92 Å². The van der Waals surface area contributed by atoms with E-state index in [4.69, 9.17) is 4.74 Å². The third-order valence-electron chi connectivity index (χ3n) is 2.91. The summed E-state index contributed by atoms with van der Waals surface area (Å²) in [6.45, 7) is 2.04. The Hall–Kier alpha value is -1.13. The molecule has 2 rings (SSSR count). The summed E-state index contributed by atoms with van der Waals surface area (Å²) < 4.78 is 17.5. The Bertz CT molecular complexity index is 547. The fourth-order valence-electron chi connectivity index (χ4n) is 1.94. The Labute approximate surface area is 120 Å². The average Bonchev–Trinajstić information content (AvgIpc) is 2.90. The molecule has 0 aliphatic carbocycles. The minimum Gasteiger partial charge on any atom is -0.496 e. The molecule has 1 aromatic heterocycles. The van der Waals surface area contributed by atoms with E-state index in [0.29, 0.717) is 11.5 Å². The van der Waals surface area contributed by atoms with E-state index < -0.39 is 10.8 Å². The van der Waals surface area contributed by atoms with Crippen molar-refractivity contribution in [1.82, 2.24) is 0 Å². The van der Waals surface area contributed by atoms with Gasteiger partial charge in [-0.3, -0.25) is 4.21 Å². The number of rotatable bonds is 6. The van der Waals surface area contributed by atoms with E-state index in [1.165, 1.54) is 10.4 Å². The first-order valence-electron chi connectivity index (χ1n) is 6.20. The third kappa shape index (κ3) is 4.18. The van der Waals surface area contributed by atoms with Gasteiger partial charge in [0.25, 0.3) is 0 Å². The van der Waals surface area contributed by atoms with Gasteiger partial charge in [-0.15, -0.1) is 11.3 Å². The third-order valence-corrected chi connectivity index (χ3v) is 5.14. The van der Waals surface area contributed by atoms with Crippen molar-refractivity contribution in [1.29, 1.82) is 0 Å². The van der Waals surface area contributed by atoms with Gasteiger partial charge in [0.15, 0.2) is 0 Å². The molecule has 0 N–H and O–H groups in total. The summed E-state index contributed by atoms with van der Waals surface area (Å²) >= 11 is 1.72. The molecule has 0 fully saturated rings. The Balaban J connectivity index is 1.96.